The second-order valence-electron chi connectivity index (χ2n) is 13.7. The van der Waals surface area contributed by atoms with Crippen LogP contribution >= 0.6 is 0 Å². The Morgan fingerprint density at radius 1 is 1.02 bits per heavy atom. The molecule has 2 aliphatic carbocycles. The Morgan fingerprint density at radius 3 is 2.27 bits per heavy atom. The topological polar surface area (TPSA) is 88.1 Å². The predicted molar refractivity (Wildman–Crippen MR) is 163 cm³/mol. The van der Waals surface area contributed by atoms with Gasteiger partial charge in [0.1, 0.15) is 13.2 Å². The maximum absolute atomic E-state index is 14.3. The molecule has 0 radical (unpaired) electrons. The largest absolute Gasteiger partial charge is 0.462 e. The zero-order chi connectivity index (χ0) is 33.6. The van der Waals surface area contributed by atoms with Crippen LogP contribution in [-0.4, -0.2) is 50.5 Å². The Balaban J connectivity index is 1.64. The second-order valence-corrected chi connectivity index (χ2v) is 13.7. The molecular weight excluding hydrogens is 589 g/mol. The smallest absolute Gasteiger partial charge is 0.432 e. The van der Waals surface area contributed by atoms with Crippen LogP contribution in [0.15, 0.2) is 42.0 Å². The Labute approximate surface area is 265 Å². The lowest BCUT2D eigenvalue weighted by molar-refractivity contribution is -0.279. The number of carbonyl (C=O) groups is 3. The van der Waals surface area contributed by atoms with Gasteiger partial charge in [0.15, 0.2) is 6.10 Å². The molecule has 0 amide bonds. The molecule has 7 nitrogen and oxygen atoms in total. The van der Waals surface area contributed by atoms with E-state index in [1.54, 1.807) is 5.57 Å². The highest BCUT2D eigenvalue weighted by molar-refractivity contribution is 5.83. The number of esters is 3. The van der Waals surface area contributed by atoms with Gasteiger partial charge in [-0.15, -0.1) is 0 Å². The normalized spacial score (nSPS) is 25.5. The monoisotopic (exact) mass is 638 g/mol. The van der Waals surface area contributed by atoms with Crippen LogP contribution in [0.4, 0.5) is 13.2 Å². The van der Waals surface area contributed by atoms with E-state index >= 15 is 0 Å². The summed E-state index contributed by atoms with van der Waals surface area (Å²) in [6.07, 6.45) is 2.24. The lowest BCUT2D eigenvalue weighted by Crippen LogP contribution is -2.53. The number of methoxy groups -OCH3 is 1. The van der Waals surface area contributed by atoms with Crippen molar-refractivity contribution in [2.45, 2.75) is 104 Å². The molecule has 45 heavy (non-hydrogen) atoms. The van der Waals surface area contributed by atoms with Gasteiger partial charge in [0.25, 0.3) is 5.60 Å². The molecule has 1 aromatic rings. The van der Waals surface area contributed by atoms with E-state index < -0.39 is 54.6 Å². The number of hydrogen-bond donors (Lipinski definition) is 0. The zero-order valence-electron chi connectivity index (χ0n) is 27.6. The van der Waals surface area contributed by atoms with Crippen LogP contribution in [0.25, 0.3) is 0 Å². The van der Waals surface area contributed by atoms with Crippen molar-refractivity contribution in [3.8, 4) is 0 Å². The molecule has 0 aromatic heterocycles. The molecule has 0 N–H and O–H groups in total. The molecule has 3 rings (SSSR count). The highest BCUT2D eigenvalue weighted by Crippen LogP contribution is 2.58. The number of rotatable bonds is 13. The van der Waals surface area contributed by atoms with Gasteiger partial charge in [-0.05, 0) is 67.1 Å². The molecule has 0 saturated heterocycles. The van der Waals surface area contributed by atoms with Crippen LogP contribution in [-0.2, 0) is 38.9 Å². The van der Waals surface area contributed by atoms with E-state index in [9.17, 15) is 27.6 Å². The van der Waals surface area contributed by atoms with E-state index in [1.807, 2.05) is 6.92 Å². The molecule has 0 spiro atoms. The Kier molecular flexibility index (Phi) is 11.9. The average Bonchev–Trinajstić information content (AvgIpc) is 2.96. The molecule has 10 heteroatoms. The first-order valence-electron chi connectivity index (χ1n) is 15.9. The van der Waals surface area contributed by atoms with E-state index in [0.717, 1.165) is 45.4 Å². The number of allylic oxidation sites excluding steroid dienone is 2. The summed E-state index contributed by atoms with van der Waals surface area (Å²) in [5.74, 6) is -2.01. The molecule has 0 heterocycles. The van der Waals surface area contributed by atoms with Crippen LogP contribution < -0.4 is 0 Å². The van der Waals surface area contributed by atoms with Gasteiger partial charge in [-0.2, -0.15) is 13.2 Å². The minimum atomic E-state index is -5.19. The number of ether oxygens (including phenoxy) is 4. The molecule has 6 atom stereocenters. The van der Waals surface area contributed by atoms with Crippen molar-refractivity contribution in [1.29, 1.82) is 0 Å². The van der Waals surface area contributed by atoms with Crippen LogP contribution in [0.2, 0.25) is 0 Å². The Bertz CT molecular complexity index is 1210. The third kappa shape index (κ3) is 8.29. The molecule has 0 aliphatic heterocycles. The van der Waals surface area contributed by atoms with Crippen molar-refractivity contribution < 1.29 is 46.5 Å². The van der Waals surface area contributed by atoms with Gasteiger partial charge in [0.05, 0.1) is 0 Å². The minimum absolute atomic E-state index is 0.0157. The number of hydrogen-bond acceptors (Lipinski definition) is 7. The first-order chi connectivity index (χ1) is 21.0. The van der Waals surface area contributed by atoms with Crippen LogP contribution in [0.5, 0.6) is 0 Å². The fourth-order valence-electron chi connectivity index (χ4n) is 7.05. The number of fused-ring (bicyclic) bond motifs is 1. The molecule has 1 unspecified atom stereocenters. The summed E-state index contributed by atoms with van der Waals surface area (Å²) in [6.45, 7) is 11.3. The van der Waals surface area contributed by atoms with Crippen LogP contribution in [0.1, 0.15) is 92.1 Å². The van der Waals surface area contributed by atoms with Gasteiger partial charge < -0.3 is 18.9 Å². The van der Waals surface area contributed by atoms with Crippen molar-refractivity contribution in [3.63, 3.8) is 0 Å². The second kappa shape index (κ2) is 14.7. The maximum atomic E-state index is 14.3. The van der Waals surface area contributed by atoms with E-state index in [0.29, 0.717) is 11.8 Å². The van der Waals surface area contributed by atoms with Gasteiger partial charge in [-0.1, -0.05) is 76.6 Å². The van der Waals surface area contributed by atoms with Crippen molar-refractivity contribution in [3.05, 3.63) is 47.5 Å². The number of halogens is 3. The zero-order valence-corrected chi connectivity index (χ0v) is 27.6. The van der Waals surface area contributed by atoms with E-state index in [4.69, 9.17) is 18.9 Å². The van der Waals surface area contributed by atoms with Gasteiger partial charge >= 0.3 is 24.1 Å². The summed E-state index contributed by atoms with van der Waals surface area (Å²) < 4.78 is 63.2. The van der Waals surface area contributed by atoms with Crippen molar-refractivity contribution in [2.24, 2.45) is 28.6 Å². The summed E-state index contributed by atoms with van der Waals surface area (Å²) in [7, 11) is 0.755. The Hall–Kier alpha value is -2.88. The van der Waals surface area contributed by atoms with Crippen molar-refractivity contribution in [1.82, 2.24) is 0 Å². The van der Waals surface area contributed by atoms with Gasteiger partial charge in [0.2, 0.25) is 0 Å². The average molecular weight is 639 g/mol. The molecule has 1 aromatic carbocycles. The number of benzene rings is 1. The molecule has 0 bridgehead atoms. The summed E-state index contributed by atoms with van der Waals surface area (Å²) in [5, 5.41) is 0. The van der Waals surface area contributed by atoms with E-state index in [2.05, 4.69) is 33.8 Å². The number of alkyl halides is 3. The van der Waals surface area contributed by atoms with Gasteiger partial charge in [0, 0.05) is 26.0 Å². The SMILES string of the molecule is CO[C@](C(=O)O[C@H](COC(C)=O)COC(=O)CC(C)CC[C@]1(C)C2=CCCC(C)(C)[C@H]2CC[C@@H]1C)(c1ccccc1)C(F)(F)F. The summed E-state index contributed by atoms with van der Waals surface area (Å²) in [4.78, 5) is 37.4. The molecule has 2 aliphatic rings. The van der Waals surface area contributed by atoms with Crippen LogP contribution in [0.3, 0.4) is 0 Å². The Morgan fingerprint density at radius 2 is 1.67 bits per heavy atom. The first kappa shape index (κ1) is 36.6. The maximum Gasteiger partial charge on any atom is 0.432 e. The first-order valence-corrected chi connectivity index (χ1v) is 15.9. The molecule has 1 saturated carbocycles. The van der Waals surface area contributed by atoms with E-state index in [-0.39, 0.29) is 23.2 Å². The molecule has 252 valence electrons. The summed E-state index contributed by atoms with van der Waals surface area (Å²) >= 11 is 0. The third-order valence-corrected chi connectivity index (χ3v) is 10.1. The summed E-state index contributed by atoms with van der Waals surface area (Å²) in [5.41, 5.74) is -2.04. The van der Waals surface area contributed by atoms with Crippen LogP contribution in [0, 0.1) is 28.6 Å². The standard InChI is InChI=1S/C35H49F3O7/c1-23(17-19-33(6)24(2)15-16-28-29(33)14-11-18-32(28,4)5)20-30(40)44-22-27(21-43-25(3)39)45-31(41)34(42-7,35(36,37)38)26-12-9-8-10-13-26/h8-10,12-14,23-24,27-28H,11,15-22H2,1-7H3/t23?,24-,27+,28-,33-,34-/m0/s1. The van der Waals surface area contributed by atoms with Gasteiger partial charge in [-0.3, -0.25) is 9.59 Å². The quantitative estimate of drug-likeness (QED) is 0.124. The number of carbonyl (C=O) groups excluding carboxylic acids is 3. The lowest BCUT2D eigenvalue weighted by Gasteiger charge is -2.53. The van der Waals surface area contributed by atoms with Crippen molar-refractivity contribution >= 4 is 17.9 Å². The predicted octanol–water partition coefficient (Wildman–Crippen LogP) is 7.71. The molecular formula is C35H49F3O7. The fraction of sp³-hybridized carbons (Fsp3) is 0.686. The fourth-order valence-corrected chi connectivity index (χ4v) is 7.05. The minimum Gasteiger partial charge on any atom is -0.462 e. The highest BCUT2D eigenvalue weighted by atomic mass is 19.4. The van der Waals surface area contributed by atoms with Crippen molar-refractivity contribution in [2.75, 3.05) is 20.3 Å². The lowest BCUT2D eigenvalue weighted by atomic mass is 9.52. The highest BCUT2D eigenvalue weighted by Gasteiger charge is 2.64. The van der Waals surface area contributed by atoms with Gasteiger partial charge in [-0.25, -0.2) is 4.79 Å². The third-order valence-electron chi connectivity index (χ3n) is 10.1. The van der Waals surface area contributed by atoms with E-state index in [1.165, 1.54) is 37.5 Å². The molecule has 1 fully saturated rings. The summed E-state index contributed by atoms with van der Waals surface area (Å²) in [6, 6.07) is 6.36.